The lowest BCUT2D eigenvalue weighted by Gasteiger charge is -2.04. The minimum Gasteiger partial charge on any atom is -0.503 e. The Bertz CT molecular complexity index is 627. The van der Waals surface area contributed by atoms with Crippen LogP contribution in [0.1, 0.15) is 23.7 Å². The minimum absolute atomic E-state index is 0.130. The van der Waals surface area contributed by atoms with Crippen LogP contribution < -0.4 is 10.9 Å². The number of hydrogen-bond acceptors (Lipinski definition) is 3. The molecule has 4 heteroatoms. The zero-order valence-electron chi connectivity index (χ0n) is 9.47. The molecule has 0 saturated heterocycles. The van der Waals surface area contributed by atoms with E-state index in [0.29, 0.717) is 5.69 Å². The Balaban J connectivity index is 2.68. The van der Waals surface area contributed by atoms with Crippen LogP contribution in [0, 0.1) is 13.8 Å². The second kappa shape index (κ2) is 3.33. The Morgan fingerprint density at radius 1 is 1.19 bits per heavy atom. The topological polar surface area (TPSA) is 70.2 Å². The number of aromatic nitrogens is 1. The van der Waals surface area contributed by atoms with Gasteiger partial charge in [-0.15, -0.1) is 0 Å². The second-order valence-corrected chi connectivity index (χ2v) is 3.96. The van der Waals surface area contributed by atoms with E-state index >= 15 is 0 Å². The van der Waals surface area contributed by atoms with E-state index in [1.54, 1.807) is 0 Å². The number of H-pyrrole nitrogens is 1. The van der Waals surface area contributed by atoms with E-state index in [-0.39, 0.29) is 5.56 Å². The Labute approximate surface area is 92.3 Å². The maximum Gasteiger partial charge on any atom is 0.268 e. The van der Waals surface area contributed by atoms with E-state index in [4.69, 9.17) is 0 Å². The summed E-state index contributed by atoms with van der Waals surface area (Å²) in [6, 6.07) is 0. The summed E-state index contributed by atoms with van der Waals surface area (Å²) in [5.41, 5.74) is 2.35. The van der Waals surface area contributed by atoms with E-state index in [0.717, 1.165) is 23.2 Å². The quantitative estimate of drug-likeness (QED) is 0.745. The maximum absolute atomic E-state index is 11.3. The maximum atomic E-state index is 11.3. The number of aryl methyl sites for hydroxylation is 1. The molecule has 2 N–H and O–H groups in total. The van der Waals surface area contributed by atoms with Gasteiger partial charge in [0.1, 0.15) is 0 Å². The Morgan fingerprint density at radius 3 is 2.25 bits per heavy atom. The number of hydrogen-bond donors (Lipinski definition) is 2. The zero-order valence-corrected chi connectivity index (χ0v) is 9.47. The molecule has 0 unspecified atom stereocenters. The van der Waals surface area contributed by atoms with E-state index in [2.05, 4.69) is 4.98 Å². The number of aromatic amines is 1. The number of aromatic hydroxyl groups is 1. The van der Waals surface area contributed by atoms with Crippen molar-refractivity contribution in [1.29, 1.82) is 0 Å². The normalized spacial score (nSPS) is 11.2. The molecular formula is C12H13NO3. The van der Waals surface area contributed by atoms with Crippen molar-refractivity contribution < 1.29 is 5.11 Å². The highest BCUT2D eigenvalue weighted by Gasteiger charge is 2.25. The first-order valence-electron chi connectivity index (χ1n) is 5.19. The minimum atomic E-state index is -0.792. The van der Waals surface area contributed by atoms with Gasteiger partial charge in [-0.25, -0.2) is 0 Å². The van der Waals surface area contributed by atoms with Gasteiger partial charge in [0.2, 0.25) is 5.43 Å². The predicted octanol–water partition coefficient (Wildman–Crippen LogP) is 1.16. The van der Waals surface area contributed by atoms with Crippen molar-refractivity contribution in [3.63, 3.8) is 0 Å². The first kappa shape index (κ1) is 10.7. The molecule has 0 fully saturated rings. The average molecular weight is 219 g/mol. The Hall–Kier alpha value is -1.84. The molecule has 1 aromatic heterocycles. The van der Waals surface area contributed by atoms with Gasteiger partial charge in [0.25, 0.3) is 5.43 Å². The van der Waals surface area contributed by atoms with Crippen molar-refractivity contribution in [2.45, 2.75) is 27.2 Å². The van der Waals surface area contributed by atoms with Gasteiger partial charge in [-0.2, -0.15) is 0 Å². The first-order valence-corrected chi connectivity index (χ1v) is 5.19. The Kier molecular flexibility index (Phi) is 2.22. The van der Waals surface area contributed by atoms with Crippen LogP contribution in [0.15, 0.2) is 9.59 Å². The highest BCUT2D eigenvalue weighted by Crippen LogP contribution is 2.30. The molecule has 0 saturated carbocycles. The molecule has 2 aromatic rings. The summed E-state index contributed by atoms with van der Waals surface area (Å²) in [4.78, 5) is 25.3. The summed E-state index contributed by atoms with van der Waals surface area (Å²) in [6.07, 6.45) is 0.852. The van der Waals surface area contributed by atoms with Gasteiger partial charge >= 0.3 is 0 Å². The van der Waals surface area contributed by atoms with Gasteiger partial charge in [0.15, 0.2) is 5.75 Å². The van der Waals surface area contributed by atoms with Crippen LogP contribution in [0.5, 0.6) is 5.75 Å². The molecule has 84 valence electrons. The van der Waals surface area contributed by atoms with Crippen LogP contribution >= 0.6 is 0 Å². The molecule has 0 radical (unpaired) electrons. The summed E-state index contributed by atoms with van der Waals surface area (Å²) in [5.74, 6) is -0.419. The lowest BCUT2D eigenvalue weighted by Crippen LogP contribution is -2.32. The fraction of sp³-hybridized carbons (Fsp3) is 0.333. The van der Waals surface area contributed by atoms with E-state index in [1.165, 1.54) is 0 Å². The Morgan fingerprint density at radius 2 is 1.81 bits per heavy atom. The molecule has 4 nitrogen and oxygen atoms in total. The van der Waals surface area contributed by atoms with Crippen molar-refractivity contribution in [3.05, 3.63) is 37.3 Å². The van der Waals surface area contributed by atoms with Crippen LogP contribution in [0.25, 0.3) is 11.3 Å². The fourth-order valence-corrected chi connectivity index (χ4v) is 2.18. The summed E-state index contributed by atoms with van der Waals surface area (Å²) < 4.78 is 0. The monoisotopic (exact) mass is 219 g/mol. The first-order chi connectivity index (χ1) is 7.49. The van der Waals surface area contributed by atoms with E-state index in [9.17, 15) is 14.7 Å². The average Bonchev–Trinajstić information content (AvgIpc) is 2.54. The third-order valence-corrected chi connectivity index (χ3v) is 3.08. The summed E-state index contributed by atoms with van der Waals surface area (Å²) >= 11 is 0. The van der Waals surface area contributed by atoms with Crippen molar-refractivity contribution in [3.8, 4) is 17.0 Å². The number of nitrogens with one attached hydrogen (secondary N) is 1. The lowest BCUT2D eigenvalue weighted by atomic mass is 10.00. The van der Waals surface area contributed by atoms with Gasteiger partial charge < -0.3 is 10.1 Å². The molecular weight excluding hydrogens is 206 g/mol. The van der Waals surface area contributed by atoms with Gasteiger partial charge in [-0.1, -0.05) is 6.92 Å². The summed E-state index contributed by atoms with van der Waals surface area (Å²) in [6.45, 7) is 5.82. The van der Waals surface area contributed by atoms with Crippen molar-refractivity contribution in [2.24, 2.45) is 0 Å². The van der Waals surface area contributed by atoms with Crippen LogP contribution in [-0.2, 0) is 6.42 Å². The largest absolute Gasteiger partial charge is 0.503 e. The zero-order chi connectivity index (χ0) is 12.0. The van der Waals surface area contributed by atoms with E-state index < -0.39 is 16.6 Å². The third-order valence-electron chi connectivity index (χ3n) is 3.08. The second-order valence-electron chi connectivity index (χ2n) is 3.96. The SMILES string of the molecule is CCc1c(C)[nH]c(-c2c(O)c(=O)c2=O)c1C. The molecule has 0 spiro atoms. The highest BCUT2D eigenvalue weighted by molar-refractivity contribution is 5.74. The molecule has 16 heavy (non-hydrogen) atoms. The predicted molar refractivity (Wildman–Crippen MR) is 61.7 cm³/mol. The van der Waals surface area contributed by atoms with Gasteiger partial charge in [-0.3, -0.25) is 9.59 Å². The van der Waals surface area contributed by atoms with Crippen LogP contribution in [0.3, 0.4) is 0 Å². The molecule has 2 rings (SSSR count). The van der Waals surface area contributed by atoms with Crippen LogP contribution in [0.4, 0.5) is 0 Å². The third kappa shape index (κ3) is 1.16. The highest BCUT2D eigenvalue weighted by atomic mass is 16.3. The molecule has 0 aliphatic heterocycles. The summed E-state index contributed by atoms with van der Waals surface area (Å²) in [5, 5.41) is 9.39. The molecule has 0 aliphatic carbocycles. The van der Waals surface area contributed by atoms with Gasteiger partial charge in [-0.05, 0) is 31.4 Å². The van der Waals surface area contributed by atoms with Crippen molar-refractivity contribution in [2.75, 3.05) is 0 Å². The molecule has 1 heterocycles. The fourth-order valence-electron chi connectivity index (χ4n) is 2.18. The standard InChI is InChI=1S/C12H13NO3/c1-4-7-5(2)9(13-6(7)3)8-10(14)12(16)11(8)15/h13-14H,4H2,1-3H3. The van der Waals surface area contributed by atoms with Crippen LogP contribution in [0.2, 0.25) is 0 Å². The molecule has 0 atom stereocenters. The molecule has 1 aromatic carbocycles. The smallest absolute Gasteiger partial charge is 0.268 e. The molecule has 0 aliphatic rings. The van der Waals surface area contributed by atoms with E-state index in [1.807, 2.05) is 20.8 Å². The molecule has 0 amide bonds. The lowest BCUT2D eigenvalue weighted by molar-refractivity contribution is 0.465. The van der Waals surface area contributed by atoms with Crippen molar-refractivity contribution in [1.82, 2.24) is 4.98 Å². The van der Waals surface area contributed by atoms with Gasteiger partial charge in [0.05, 0.1) is 11.3 Å². The molecule has 0 bridgehead atoms. The van der Waals surface area contributed by atoms with Gasteiger partial charge in [0, 0.05) is 5.69 Å². The van der Waals surface area contributed by atoms with Crippen molar-refractivity contribution >= 4 is 0 Å². The summed E-state index contributed by atoms with van der Waals surface area (Å²) in [7, 11) is 0. The van der Waals surface area contributed by atoms with Crippen LogP contribution in [-0.4, -0.2) is 10.1 Å². The number of rotatable bonds is 2.